The summed E-state index contributed by atoms with van der Waals surface area (Å²) in [4.78, 5) is 44.2. The number of nitrogens with zero attached hydrogens (tertiary/aromatic N) is 3. The molecule has 1 aliphatic heterocycles. The van der Waals surface area contributed by atoms with Crippen molar-refractivity contribution >= 4 is 34.8 Å². The molecule has 1 unspecified atom stereocenters. The number of fused-ring (bicyclic) bond motifs is 1. The Morgan fingerprint density at radius 3 is 2.57 bits per heavy atom. The Morgan fingerprint density at radius 2 is 1.85 bits per heavy atom. The van der Waals surface area contributed by atoms with Crippen LogP contribution < -0.4 is 19.6 Å². The van der Waals surface area contributed by atoms with Gasteiger partial charge in [0.2, 0.25) is 0 Å². The van der Waals surface area contributed by atoms with Gasteiger partial charge in [-0.1, -0.05) is 53.8 Å². The van der Waals surface area contributed by atoms with Gasteiger partial charge >= 0.3 is 5.97 Å². The fraction of sp³-hybridized carbons (Fsp3) is 0.171. The summed E-state index contributed by atoms with van der Waals surface area (Å²) in [6.07, 6.45) is 1.61. The van der Waals surface area contributed by atoms with E-state index in [0.29, 0.717) is 54.6 Å². The van der Waals surface area contributed by atoms with Gasteiger partial charge in [0, 0.05) is 28.8 Å². The van der Waals surface area contributed by atoms with Crippen LogP contribution in [-0.4, -0.2) is 29.2 Å². The lowest BCUT2D eigenvalue weighted by Gasteiger charge is -2.26. The van der Waals surface area contributed by atoms with E-state index >= 15 is 0 Å². The molecule has 46 heavy (non-hydrogen) atoms. The van der Waals surface area contributed by atoms with Gasteiger partial charge in [0.15, 0.2) is 4.80 Å². The molecule has 0 N–H and O–H groups in total. The number of benzene rings is 3. The van der Waals surface area contributed by atoms with Gasteiger partial charge in [0.05, 0.1) is 40.5 Å². The molecule has 0 aliphatic carbocycles. The first-order chi connectivity index (χ1) is 22.2. The van der Waals surface area contributed by atoms with Crippen LogP contribution in [0.3, 0.4) is 0 Å². The van der Waals surface area contributed by atoms with E-state index in [1.807, 2.05) is 49.4 Å². The first-order valence-corrected chi connectivity index (χ1v) is 15.3. The summed E-state index contributed by atoms with van der Waals surface area (Å²) in [6, 6.07) is 22.4. The minimum atomic E-state index is -0.856. The first-order valence-electron chi connectivity index (χ1n) is 14.5. The van der Waals surface area contributed by atoms with Gasteiger partial charge in [0.1, 0.15) is 17.3 Å². The molecule has 3 aromatic carbocycles. The third-order valence-electron chi connectivity index (χ3n) is 7.80. The molecular weight excluding hydrogens is 606 g/mol. The van der Waals surface area contributed by atoms with Crippen molar-refractivity contribution in [1.82, 2.24) is 4.57 Å². The van der Waals surface area contributed by atoms with Crippen molar-refractivity contribution in [1.29, 1.82) is 0 Å². The number of aryl methyl sites for hydroxylation is 1. The minimum Gasteiger partial charge on any atom is -0.497 e. The third-order valence-corrected chi connectivity index (χ3v) is 8.79. The normalized spacial score (nSPS) is 14.5. The molecular formula is C35H29N3O7S. The zero-order valence-corrected chi connectivity index (χ0v) is 26.3. The van der Waals surface area contributed by atoms with Crippen molar-refractivity contribution in [2.24, 2.45) is 4.99 Å². The molecule has 0 radical (unpaired) electrons. The summed E-state index contributed by atoms with van der Waals surface area (Å²) < 4.78 is 18.9. The Morgan fingerprint density at radius 1 is 1.07 bits per heavy atom. The molecule has 0 bridgehead atoms. The van der Waals surface area contributed by atoms with Crippen LogP contribution in [-0.2, 0) is 9.53 Å². The molecule has 0 fully saturated rings. The van der Waals surface area contributed by atoms with Gasteiger partial charge in [-0.05, 0) is 62.2 Å². The predicted molar refractivity (Wildman–Crippen MR) is 174 cm³/mol. The average molecular weight is 636 g/mol. The molecule has 10 nitrogen and oxygen atoms in total. The molecule has 1 aliphatic rings. The number of rotatable bonds is 8. The zero-order chi connectivity index (χ0) is 32.5. The Labute approximate surface area is 267 Å². The molecule has 0 amide bonds. The van der Waals surface area contributed by atoms with Crippen molar-refractivity contribution in [3.8, 4) is 17.1 Å². The van der Waals surface area contributed by atoms with E-state index in [0.717, 1.165) is 5.56 Å². The highest BCUT2D eigenvalue weighted by molar-refractivity contribution is 7.07. The van der Waals surface area contributed by atoms with Gasteiger partial charge in [-0.2, -0.15) is 0 Å². The quantitative estimate of drug-likeness (QED) is 0.121. The van der Waals surface area contributed by atoms with Crippen LogP contribution in [0.15, 0.2) is 98.6 Å². The number of aromatic nitrogens is 1. The van der Waals surface area contributed by atoms with Crippen molar-refractivity contribution in [2.75, 3.05) is 13.7 Å². The number of methoxy groups -OCH3 is 1. The van der Waals surface area contributed by atoms with Crippen LogP contribution in [0.2, 0.25) is 0 Å². The largest absolute Gasteiger partial charge is 0.497 e. The van der Waals surface area contributed by atoms with Gasteiger partial charge in [-0.3, -0.25) is 19.5 Å². The second-order valence-electron chi connectivity index (χ2n) is 10.6. The maximum absolute atomic E-state index is 14.2. The van der Waals surface area contributed by atoms with Gasteiger partial charge in [-0.25, -0.2) is 9.79 Å². The van der Waals surface area contributed by atoms with Crippen molar-refractivity contribution < 1.29 is 23.6 Å². The van der Waals surface area contributed by atoms with E-state index in [-0.39, 0.29) is 23.4 Å². The Kier molecular flexibility index (Phi) is 8.25. The van der Waals surface area contributed by atoms with Gasteiger partial charge < -0.3 is 13.9 Å². The summed E-state index contributed by atoms with van der Waals surface area (Å²) >= 11 is 1.17. The number of furan rings is 1. The highest BCUT2D eigenvalue weighted by atomic mass is 32.1. The number of hydrogen-bond acceptors (Lipinski definition) is 9. The number of nitro groups is 1. The van der Waals surface area contributed by atoms with Gasteiger partial charge in [-0.15, -0.1) is 0 Å². The van der Waals surface area contributed by atoms with Crippen molar-refractivity contribution in [3.63, 3.8) is 0 Å². The number of nitro benzene ring substituents is 1. The second-order valence-corrected chi connectivity index (χ2v) is 11.6. The predicted octanol–water partition coefficient (Wildman–Crippen LogP) is 5.73. The molecule has 11 heteroatoms. The molecule has 2 aromatic heterocycles. The SMILES string of the molecule is CCOC(=O)C1=C(c2ccccc2)N=c2s/c(=C\c3ccc(-c4cc(C)c(C)c([N+](=O)[O-])c4)o3)c(=O)n2C1c1cccc(OC)c1. The van der Waals surface area contributed by atoms with Crippen LogP contribution in [0.25, 0.3) is 23.1 Å². The van der Waals surface area contributed by atoms with E-state index in [2.05, 4.69) is 0 Å². The van der Waals surface area contributed by atoms with E-state index in [9.17, 15) is 19.7 Å². The monoisotopic (exact) mass is 635 g/mol. The third kappa shape index (κ3) is 5.56. The number of thiazole rings is 1. The summed E-state index contributed by atoms with van der Waals surface area (Å²) in [7, 11) is 1.55. The van der Waals surface area contributed by atoms with Crippen molar-refractivity contribution in [2.45, 2.75) is 26.8 Å². The molecule has 1 atom stereocenters. The average Bonchev–Trinajstić information content (AvgIpc) is 3.65. The standard InChI is InChI=1S/C35H29N3O7S/c1-5-44-34(40)30-31(22-10-7-6-8-11-22)36-35-37(32(30)23-12-9-13-25(17-23)43-4)33(39)29(46-35)19-26-14-15-28(45-26)24-16-20(2)21(3)27(18-24)38(41)42/h6-19,32H,5H2,1-4H3/b29-19-. The van der Waals surface area contributed by atoms with E-state index in [1.165, 1.54) is 22.0 Å². The van der Waals surface area contributed by atoms with Crippen LogP contribution in [0.4, 0.5) is 5.69 Å². The Balaban J connectivity index is 1.54. The summed E-state index contributed by atoms with van der Waals surface area (Å²) in [5, 5.41) is 11.6. The molecule has 232 valence electrons. The van der Waals surface area contributed by atoms with E-state index in [1.54, 1.807) is 57.4 Å². The van der Waals surface area contributed by atoms with Crippen LogP contribution in [0, 0.1) is 24.0 Å². The molecule has 0 spiro atoms. The molecule has 5 aromatic rings. The first kappa shape index (κ1) is 30.5. The number of hydrogen-bond donors (Lipinski definition) is 0. The number of carbonyl (C=O) groups excluding carboxylic acids is 1. The minimum absolute atomic E-state index is 0.00502. The van der Waals surface area contributed by atoms with Crippen molar-refractivity contribution in [3.05, 3.63) is 142 Å². The summed E-state index contributed by atoms with van der Waals surface area (Å²) in [5.41, 5.74) is 3.54. The summed E-state index contributed by atoms with van der Waals surface area (Å²) in [6.45, 7) is 5.39. The topological polar surface area (TPSA) is 126 Å². The number of ether oxygens (including phenoxy) is 2. The highest BCUT2D eigenvalue weighted by Crippen LogP contribution is 2.36. The lowest BCUT2D eigenvalue weighted by molar-refractivity contribution is -0.385. The maximum atomic E-state index is 14.2. The van der Waals surface area contributed by atoms with Gasteiger partial charge in [0.25, 0.3) is 11.2 Å². The zero-order valence-electron chi connectivity index (χ0n) is 25.5. The molecule has 3 heterocycles. The number of carbonyl (C=O) groups is 1. The van der Waals surface area contributed by atoms with Crippen LogP contribution in [0.5, 0.6) is 5.75 Å². The molecule has 0 saturated heterocycles. The van der Waals surface area contributed by atoms with Crippen LogP contribution in [0.1, 0.15) is 41.0 Å². The fourth-order valence-corrected chi connectivity index (χ4v) is 6.44. The van der Waals surface area contributed by atoms with E-state index < -0.39 is 16.9 Å². The van der Waals surface area contributed by atoms with E-state index in [4.69, 9.17) is 18.9 Å². The molecule has 0 saturated carbocycles. The number of esters is 1. The lowest BCUT2D eigenvalue weighted by atomic mass is 9.93. The Bertz CT molecular complexity index is 2210. The summed E-state index contributed by atoms with van der Waals surface area (Å²) in [5.74, 6) is 0.795. The van der Waals surface area contributed by atoms with Crippen LogP contribution >= 0.6 is 11.3 Å². The Hall–Kier alpha value is -5.55. The maximum Gasteiger partial charge on any atom is 0.338 e. The lowest BCUT2D eigenvalue weighted by Crippen LogP contribution is -2.40. The smallest absolute Gasteiger partial charge is 0.338 e. The molecule has 6 rings (SSSR count). The fourth-order valence-electron chi connectivity index (χ4n) is 5.45. The highest BCUT2D eigenvalue weighted by Gasteiger charge is 2.35. The second kappa shape index (κ2) is 12.4.